The van der Waals surface area contributed by atoms with E-state index in [-0.39, 0.29) is 69.7 Å². The number of esters is 8. The summed E-state index contributed by atoms with van der Waals surface area (Å²) in [4.78, 5) is 97.0. The van der Waals surface area contributed by atoms with Crippen LogP contribution < -0.4 is 0 Å². The fraction of sp³-hybridized carbons (Fsp3) is 0.750. The van der Waals surface area contributed by atoms with Gasteiger partial charge in [0.2, 0.25) is 12.2 Å². The zero-order chi connectivity index (χ0) is 102. The Balaban J connectivity index is 0.000000130. The molecule has 0 radical (unpaired) electrons. The number of carbonyl (C=O) groups is 8. The van der Waals surface area contributed by atoms with Crippen molar-refractivity contribution in [3.63, 3.8) is 0 Å². The number of ether oxygens (including phenoxy) is 14. The number of fused-ring (bicyclic) bond motifs is 6. The predicted molar refractivity (Wildman–Crippen MR) is 473 cm³/mol. The van der Waals surface area contributed by atoms with E-state index in [0.717, 1.165) is 107 Å². The standard InChI is InChI=1S/C21H20F6O7.C19H14F6O7.C18H30O2.C16H26O3.C16H24O2.C14H20O3/c1-4-19(2,3)18(29)33-13-11-12(30-15(13)28)14-17(31-11)34-16(32-14)8-5-9(20(22,23)24)7-10(6-8)21(25,26)27;1-6(2)14(26)29-12-10-11(28-15(12)27)13-17(30-10)32-16(31-13)7-3-8(18(20,21)22)5-9(4-7)19(23,24)25;1-5-17(3,4)16(19)20-18(6-2)14-8-12-7-13(10-14)11-15(18)9-12;1-4-15(2,3)14(17)19-13-11-5-10-6-12(13)9-16(18,7-10)8-11;1-4-16(18-15(17)10(2)3)13-6-11-5-12(8-13)9-14(16)7-11;1-9(2)12(15)17-14-6-10-3-11(7-14)5-13(16,4-10)8-14/h5-7,11-14,16-17H,4H2,1-3H3;3-5,10-13,16-17H,1H2,2H3;12-15H,5-11H2,1-4H3;10-13,18H,4-9H2,1-3H3;11-14H,2,4-9H2,1,3H3;10-11,16H,1,3-8H2,2H3/t11-,12-,13-,14+,16?,17+;10-,11-,12-,13+,16?,17+;;;;/m00..../s1. The highest BCUT2D eigenvalue weighted by Gasteiger charge is 2.68. The van der Waals surface area contributed by atoms with Gasteiger partial charge in [0.15, 0.2) is 49.6 Å². The largest absolute Gasteiger partial charge is 0.461 e. The van der Waals surface area contributed by atoms with Gasteiger partial charge in [0.1, 0.15) is 35.1 Å². The molecule has 2 aromatic carbocycles. The van der Waals surface area contributed by atoms with Gasteiger partial charge in [0.05, 0.1) is 49.7 Å². The molecule has 0 spiro atoms. The van der Waals surface area contributed by atoms with Crippen molar-refractivity contribution in [3.8, 4) is 0 Å². The normalized spacial score (nSPS) is 38.5. The summed E-state index contributed by atoms with van der Waals surface area (Å²) in [5.41, 5.74) is -9.52. The molecule has 6 heterocycles. The number of hydrogen-bond donors (Lipinski definition) is 2. The van der Waals surface area contributed by atoms with Gasteiger partial charge in [0.25, 0.3) is 0 Å². The zero-order valence-corrected chi connectivity index (χ0v) is 81.9. The lowest BCUT2D eigenvalue weighted by molar-refractivity contribution is -0.218. The number of aliphatic hydroxyl groups is 2. The maximum Gasteiger partial charge on any atom is 0.416 e. The number of hydrogen-bond acceptors (Lipinski definition) is 24. The molecule has 6 saturated heterocycles. The van der Waals surface area contributed by atoms with Crippen molar-refractivity contribution in [1.82, 2.24) is 0 Å². The molecule has 24 nitrogen and oxygen atoms in total. The lowest BCUT2D eigenvalue weighted by atomic mass is 9.49. The minimum Gasteiger partial charge on any atom is -0.461 e. The van der Waals surface area contributed by atoms with Gasteiger partial charge in [-0.1, -0.05) is 54.4 Å². The molecule has 16 aliphatic carbocycles. The lowest BCUT2D eigenvalue weighted by Gasteiger charge is -2.60. The topological polar surface area (TPSA) is 306 Å². The monoisotopic (exact) mass is 1990 g/mol. The first-order valence-corrected chi connectivity index (χ1v) is 49.7. The molecule has 778 valence electrons. The number of benzene rings is 2. The second-order valence-electron chi connectivity index (χ2n) is 45.6. The Hall–Kier alpha value is -7.74. The minimum absolute atomic E-state index is 0.0111. The summed E-state index contributed by atoms with van der Waals surface area (Å²) in [5.74, 6) is 4.83. The first kappa shape index (κ1) is 107. The molecule has 0 aromatic heterocycles. The van der Waals surface area contributed by atoms with Gasteiger partial charge in [-0.2, -0.15) is 52.7 Å². The summed E-state index contributed by atoms with van der Waals surface area (Å²) in [5, 5.41) is 21.0. The van der Waals surface area contributed by atoms with Crippen LogP contribution in [0.3, 0.4) is 0 Å². The third-order valence-electron chi connectivity index (χ3n) is 34.0. The van der Waals surface area contributed by atoms with Crippen molar-refractivity contribution >= 4 is 47.8 Å². The zero-order valence-electron chi connectivity index (χ0n) is 81.9. The Morgan fingerprint density at radius 2 is 0.707 bits per heavy atom. The van der Waals surface area contributed by atoms with Crippen LogP contribution in [0, 0.1) is 93.2 Å². The molecule has 36 heteroatoms. The van der Waals surface area contributed by atoms with E-state index in [2.05, 4.69) is 40.5 Å². The minimum atomic E-state index is -5.05. The number of carbonyl (C=O) groups excluding carboxylic acids is 8. The maximum atomic E-state index is 13.2. The average Bonchev–Trinajstić information content (AvgIpc) is 1.62. The van der Waals surface area contributed by atoms with Crippen LogP contribution in [0.5, 0.6) is 0 Å². The van der Waals surface area contributed by atoms with Crippen molar-refractivity contribution in [1.29, 1.82) is 0 Å². The van der Waals surface area contributed by atoms with Gasteiger partial charge >= 0.3 is 72.5 Å². The van der Waals surface area contributed by atoms with Gasteiger partial charge in [-0.3, -0.25) is 14.4 Å². The van der Waals surface area contributed by atoms with E-state index in [1.54, 1.807) is 34.6 Å². The van der Waals surface area contributed by atoms with Crippen LogP contribution in [0.2, 0.25) is 0 Å². The quantitative estimate of drug-likeness (QED) is 0.0571. The van der Waals surface area contributed by atoms with Crippen molar-refractivity contribution in [3.05, 3.63) is 106 Å². The first-order valence-electron chi connectivity index (χ1n) is 49.7. The molecule has 0 amide bonds. The first-order chi connectivity index (χ1) is 65.0. The van der Waals surface area contributed by atoms with Crippen molar-refractivity contribution < 1.29 is 168 Å². The summed E-state index contributed by atoms with van der Waals surface area (Å²) in [6, 6.07) is 1.87. The third-order valence-corrected chi connectivity index (χ3v) is 34.0. The van der Waals surface area contributed by atoms with E-state index in [1.807, 2.05) is 34.6 Å². The van der Waals surface area contributed by atoms with Gasteiger partial charge in [-0.15, -0.1) is 0 Å². The highest BCUT2D eigenvalue weighted by Crippen LogP contribution is 2.65. The van der Waals surface area contributed by atoms with E-state index in [4.69, 9.17) is 66.3 Å². The summed E-state index contributed by atoms with van der Waals surface area (Å²) < 4.78 is 235. The Morgan fingerprint density at radius 1 is 0.371 bits per heavy atom. The smallest absolute Gasteiger partial charge is 0.416 e. The van der Waals surface area contributed by atoms with Crippen LogP contribution in [0.4, 0.5) is 52.7 Å². The second-order valence-corrected chi connectivity index (χ2v) is 45.6. The van der Waals surface area contributed by atoms with Crippen LogP contribution in [0.25, 0.3) is 0 Å². The molecule has 6 unspecified atom stereocenters. The van der Waals surface area contributed by atoms with E-state index >= 15 is 0 Å². The molecule has 16 bridgehead atoms. The molecule has 22 fully saturated rings. The predicted octanol–water partition coefficient (Wildman–Crippen LogP) is 20.8. The molecule has 22 aliphatic rings. The molecule has 6 aliphatic heterocycles. The van der Waals surface area contributed by atoms with E-state index < -0.39 is 178 Å². The highest BCUT2D eigenvalue weighted by atomic mass is 19.4. The highest BCUT2D eigenvalue weighted by molar-refractivity contribution is 5.91. The van der Waals surface area contributed by atoms with Crippen LogP contribution in [-0.2, 0) is 129 Å². The molecular formula is C104H134F12O24. The molecule has 24 rings (SSSR count). The van der Waals surface area contributed by atoms with Gasteiger partial charge in [-0.05, 0) is 336 Å². The Kier molecular flexibility index (Phi) is 29.6. The van der Waals surface area contributed by atoms with Crippen LogP contribution >= 0.6 is 0 Å². The third kappa shape index (κ3) is 21.6. The van der Waals surface area contributed by atoms with Crippen LogP contribution in [0.15, 0.2) is 72.9 Å². The fourth-order valence-electron chi connectivity index (χ4n) is 26.6. The lowest BCUT2D eigenvalue weighted by Crippen LogP contribution is -2.60. The average molecular weight is 2000 g/mol. The molecule has 140 heavy (non-hydrogen) atoms. The van der Waals surface area contributed by atoms with Gasteiger partial charge in [-0.25, -0.2) is 24.0 Å². The fourth-order valence-corrected chi connectivity index (χ4v) is 26.6. The summed E-state index contributed by atoms with van der Waals surface area (Å²) in [7, 11) is 0. The molecule has 2 N–H and O–H groups in total. The van der Waals surface area contributed by atoms with Crippen molar-refractivity contribution in [2.45, 2.75) is 397 Å². The van der Waals surface area contributed by atoms with E-state index in [1.165, 1.54) is 77.6 Å². The van der Waals surface area contributed by atoms with Crippen LogP contribution in [0.1, 0.15) is 310 Å². The van der Waals surface area contributed by atoms with Gasteiger partial charge < -0.3 is 76.5 Å². The van der Waals surface area contributed by atoms with E-state index in [0.29, 0.717) is 102 Å². The van der Waals surface area contributed by atoms with Crippen molar-refractivity contribution in [2.24, 2.45) is 93.2 Å². The van der Waals surface area contributed by atoms with Gasteiger partial charge in [0, 0.05) is 34.3 Å². The molecular weight excluding hydrogens is 1860 g/mol. The number of rotatable bonds is 19. The molecule has 16 saturated carbocycles. The Labute approximate surface area is 807 Å². The Bertz CT molecular complexity index is 4900. The van der Waals surface area contributed by atoms with Crippen molar-refractivity contribution in [2.75, 3.05) is 0 Å². The summed E-state index contributed by atoms with van der Waals surface area (Å²) in [6.45, 7) is 37.0. The SMILES string of the molecule is C=C(C)C(=O)OC1(CC)C2CC3CC(C2)CC1C3.C=C(C)C(=O)OC12CC3CC(CC(O)(C3)C1)C2.C=C(C)C(=O)O[C@@H]1C(=O)O[C@@H]2[C@H]3OC(c4cc(C(F)(F)F)cc(C(F)(F)F)c4)O[C@H]3O[C@@H]21.CCC(C)(C)C(=O)OC1(CC)C2CC3CC(C2)CC1C3.CCC(C)(C)C(=O)OC1C2CC3CC1CC(O)(C3)C2.CCC(C)(C)C(=O)O[C@@H]1C(=O)O[C@@H]2[C@H]3OC(c4cc(C(F)(F)F)cc(C(F)(F)F)c4)O[C@H]3O[C@@H]21. The molecule has 16 atom stereocenters. The van der Waals surface area contributed by atoms with E-state index in [9.17, 15) is 101 Å². The summed E-state index contributed by atoms with van der Waals surface area (Å²) in [6.07, 6.45) is -7.90. The molecule has 2 aromatic rings. The Morgan fingerprint density at radius 3 is 1.05 bits per heavy atom. The van der Waals surface area contributed by atoms with Crippen LogP contribution in [-0.4, -0.2) is 153 Å². The number of halogens is 12. The number of alkyl halides is 12. The summed E-state index contributed by atoms with van der Waals surface area (Å²) >= 11 is 0. The second kappa shape index (κ2) is 38.9. The maximum absolute atomic E-state index is 13.2.